The topological polar surface area (TPSA) is 115 Å². The third kappa shape index (κ3) is 2.67. The second kappa shape index (κ2) is 5.18. The maximum Gasteiger partial charge on any atom is 0.325 e. The van der Waals surface area contributed by atoms with E-state index in [0.29, 0.717) is 6.54 Å². The minimum Gasteiger partial charge on any atom is -0.393 e. The molecule has 18 heavy (non-hydrogen) atoms. The lowest BCUT2D eigenvalue weighted by Crippen LogP contribution is -2.37. The van der Waals surface area contributed by atoms with E-state index in [1.165, 1.54) is 0 Å². The molecule has 0 bridgehead atoms. The van der Waals surface area contributed by atoms with Gasteiger partial charge >= 0.3 is 5.69 Å². The average Bonchev–Trinajstić information content (AvgIpc) is 2.72. The third-order valence-electron chi connectivity index (χ3n) is 3.21. The van der Waals surface area contributed by atoms with Gasteiger partial charge in [-0.25, -0.2) is 4.79 Å². The lowest BCUT2D eigenvalue weighted by atomic mass is 10.1. The molecule has 2 rings (SSSR count). The van der Waals surface area contributed by atoms with Gasteiger partial charge in [-0.05, 0) is 12.8 Å². The first-order chi connectivity index (χ1) is 8.58. The van der Waals surface area contributed by atoms with E-state index >= 15 is 0 Å². The van der Waals surface area contributed by atoms with E-state index in [1.54, 1.807) is 0 Å². The lowest BCUT2D eigenvalue weighted by Gasteiger charge is -2.14. The average molecular weight is 253 g/mol. The quantitative estimate of drug-likeness (QED) is 0.550. The van der Waals surface area contributed by atoms with E-state index in [0.717, 1.165) is 25.5 Å². The van der Waals surface area contributed by atoms with Crippen molar-refractivity contribution >= 4 is 5.91 Å². The molecule has 1 aromatic heterocycles. The second-order valence-electron chi connectivity index (χ2n) is 4.45. The summed E-state index contributed by atoms with van der Waals surface area (Å²) in [6, 6.07) is 0. The molecule has 1 aliphatic rings. The normalized spacial score (nSPS) is 22.9. The number of carbonyl (C=O) groups is 1. The van der Waals surface area contributed by atoms with Crippen LogP contribution in [0.15, 0.2) is 15.8 Å². The zero-order chi connectivity index (χ0) is 13.1. The summed E-state index contributed by atoms with van der Waals surface area (Å²) in [5.41, 5.74) is -1.51. The van der Waals surface area contributed by atoms with Crippen LogP contribution in [-0.4, -0.2) is 33.6 Å². The van der Waals surface area contributed by atoms with E-state index in [2.05, 4.69) is 10.3 Å². The van der Waals surface area contributed by atoms with Gasteiger partial charge in [0.2, 0.25) is 0 Å². The first-order valence-electron chi connectivity index (χ1n) is 5.86. The summed E-state index contributed by atoms with van der Waals surface area (Å²) >= 11 is 0. The van der Waals surface area contributed by atoms with Gasteiger partial charge in [-0.1, -0.05) is 6.42 Å². The molecular weight excluding hydrogens is 238 g/mol. The molecule has 2 unspecified atom stereocenters. The van der Waals surface area contributed by atoms with Gasteiger partial charge in [0.05, 0.1) is 6.10 Å². The molecule has 0 saturated heterocycles. The summed E-state index contributed by atoms with van der Waals surface area (Å²) in [5.74, 6) is -0.512. The van der Waals surface area contributed by atoms with Gasteiger partial charge in [-0.3, -0.25) is 14.6 Å². The van der Waals surface area contributed by atoms with E-state index in [1.807, 2.05) is 4.98 Å². The maximum absolute atomic E-state index is 11.7. The van der Waals surface area contributed by atoms with Crippen LogP contribution in [0.3, 0.4) is 0 Å². The number of carbonyl (C=O) groups excluding carboxylic acids is 1. The zero-order valence-electron chi connectivity index (χ0n) is 9.73. The number of hydrogen-bond donors (Lipinski definition) is 4. The summed E-state index contributed by atoms with van der Waals surface area (Å²) in [6.45, 7) is 0.332. The SMILES string of the molecule is O=C(NCC1CCCC1O)c1c[nH]c(=O)[nH]c1=O. The van der Waals surface area contributed by atoms with E-state index in [-0.39, 0.29) is 17.6 Å². The largest absolute Gasteiger partial charge is 0.393 e. The minimum absolute atomic E-state index is 0.0378. The van der Waals surface area contributed by atoms with Crippen molar-refractivity contribution in [3.05, 3.63) is 32.6 Å². The number of aliphatic hydroxyl groups excluding tert-OH is 1. The van der Waals surface area contributed by atoms with Crippen LogP contribution >= 0.6 is 0 Å². The Hall–Kier alpha value is -1.89. The Morgan fingerprint density at radius 1 is 1.44 bits per heavy atom. The first-order valence-corrected chi connectivity index (χ1v) is 5.86. The van der Waals surface area contributed by atoms with Crippen molar-refractivity contribution < 1.29 is 9.90 Å². The molecule has 7 heteroatoms. The van der Waals surface area contributed by atoms with Crippen LogP contribution in [0.25, 0.3) is 0 Å². The van der Waals surface area contributed by atoms with Crippen LogP contribution in [-0.2, 0) is 0 Å². The van der Waals surface area contributed by atoms with Gasteiger partial charge in [0.15, 0.2) is 0 Å². The maximum atomic E-state index is 11.7. The number of amides is 1. The number of aromatic amines is 2. The van der Waals surface area contributed by atoms with Crippen molar-refractivity contribution in [3.63, 3.8) is 0 Å². The Morgan fingerprint density at radius 3 is 2.83 bits per heavy atom. The number of aromatic nitrogens is 2. The van der Waals surface area contributed by atoms with E-state index in [9.17, 15) is 19.5 Å². The molecule has 1 fully saturated rings. The molecule has 0 radical (unpaired) electrons. The molecule has 4 N–H and O–H groups in total. The summed E-state index contributed by atoms with van der Waals surface area (Å²) in [4.78, 5) is 38.1. The van der Waals surface area contributed by atoms with Crippen LogP contribution in [0.2, 0.25) is 0 Å². The van der Waals surface area contributed by atoms with Crippen molar-refractivity contribution in [1.82, 2.24) is 15.3 Å². The predicted octanol–water partition coefficient (Wildman–Crippen LogP) is -1.05. The summed E-state index contributed by atoms with van der Waals surface area (Å²) in [7, 11) is 0. The Kier molecular flexibility index (Phi) is 3.61. The summed E-state index contributed by atoms with van der Waals surface area (Å²) in [5, 5.41) is 12.2. The zero-order valence-corrected chi connectivity index (χ0v) is 9.73. The van der Waals surface area contributed by atoms with Crippen LogP contribution in [0.4, 0.5) is 0 Å². The third-order valence-corrected chi connectivity index (χ3v) is 3.21. The number of H-pyrrole nitrogens is 2. The van der Waals surface area contributed by atoms with Gasteiger partial charge < -0.3 is 15.4 Å². The fraction of sp³-hybridized carbons (Fsp3) is 0.545. The van der Waals surface area contributed by atoms with Crippen LogP contribution in [0.5, 0.6) is 0 Å². The molecule has 98 valence electrons. The molecule has 0 spiro atoms. The molecular formula is C11H15N3O4. The predicted molar refractivity (Wildman–Crippen MR) is 63.4 cm³/mol. The van der Waals surface area contributed by atoms with Crippen LogP contribution < -0.4 is 16.6 Å². The van der Waals surface area contributed by atoms with Gasteiger partial charge in [0.1, 0.15) is 5.56 Å². The Bertz CT molecular complexity index is 548. The molecule has 1 aromatic rings. The summed E-state index contributed by atoms with van der Waals surface area (Å²) < 4.78 is 0. The standard InChI is InChI=1S/C11H15N3O4/c15-8-3-1-2-6(8)4-12-9(16)7-5-13-11(18)14-10(7)17/h5-6,8,15H,1-4H2,(H,12,16)(H2,13,14,17,18). The highest BCUT2D eigenvalue weighted by Gasteiger charge is 2.25. The van der Waals surface area contributed by atoms with Gasteiger partial charge in [-0.2, -0.15) is 0 Å². The van der Waals surface area contributed by atoms with Gasteiger partial charge in [-0.15, -0.1) is 0 Å². The van der Waals surface area contributed by atoms with Crippen molar-refractivity contribution in [1.29, 1.82) is 0 Å². The molecule has 0 aromatic carbocycles. The second-order valence-corrected chi connectivity index (χ2v) is 4.45. The lowest BCUT2D eigenvalue weighted by molar-refractivity contribution is 0.0915. The Balaban J connectivity index is 1.99. The first kappa shape index (κ1) is 12.6. The van der Waals surface area contributed by atoms with E-state index < -0.39 is 17.2 Å². The monoisotopic (exact) mass is 253 g/mol. The molecule has 0 aliphatic heterocycles. The fourth-order valence-corrected chi connectivity index (χ4v) is 2.15. The highest BCUT2D eigenvalue weighted by Crippen LogP contribution is 2.24. The highest BCUT2D eigenvalue weighted by molar-refractivity contribution is 5.93. The molecule has 1 aliphatic carbocycles. The smallest absolute Gasteiger partial charge is 0.325 e. The summed E-state index contributed by atoms with van der Waals surface area (Å²) in [6.07, 6.45) is 3.25. The van der Waals surface area contributed by atoms with Crippen molar-refractivity contribution in [2.45, 2.75) is 25.4 Å². The number of aliphatic hydroxyl groups is 1. The van der Waals surface area contributed by atoms with Gasteiger partial charge in [0, 0.05) is 18.7 Å². The Labute approximate surface area is 102 Å². The minimum atomic E-state index is -0.719. The van der Waals surface area contributed by atoms with Crippen molar-refractivity contribution in [3.8, 4) is 0 Å². The molecule has 2 atom stereocenters. The van der Waals surface area contributed by atoms with Crippen molar-refractivity contribution in [2.24, 2.45) is 5.92 Å². The van der Waals surface area contributed by atoms with Crippen LogP contribution in [0, 0.1) is 5.92 Å². The molecule has 1 amide bonds. The van der Waals surface area contributed by atoms with Crippen molar-refractivity contribution in [2.75, 3.05) is 6.54 Å². The number of nitrogens with one attached hydrogen (secondary N) is 3. The van der Waals surface area contributed by atoms with Crippen LogP contribution in [0.1, 0.15) is 29.6 Å². The Morgan fingerprint density at radius 2 is 2.22 bits per heavy atom. The van der Waals surface area contributed by atoms with E-state index in [4.69, 9.17) is 0 Å². The number of rotatable bonds is 3. The molecule has 1 saturated carbocycles. The molecule has 1 heterocycles. The van der Waals surface area contributed by atoms with Gasteiger partial charge in [0.25, 0.3) is 11.5 Å². The fourth-order valence-electron chi connectivity index (χ4n) is 2.15. The highest BCUT2D eigenvalue weighted by atomic mass is 16.3. The number of hydrogen-bond acceptors (Lipinski definition) is 4. The molecule has 7 nitrogen and oxygen atoms in total.